The fourth-order valence-corrected chi connectivity index (χ4v) is 1.41. The number of aromatic carboxylic acids is 1. The molecule has 1 N–H and O–H groups in total. The van der Waals surface area contributed by atoms with Crippen molar-refractivity contribution in [2.75, 3.05) is 0 Å². The van der Waals surface area contributed by atoms with Crippen LogP contribution in [0.25, 0.3) is 10.8 Å². The number of rotatable bonds is 1. The van der Waals surface area contributed by atoms with Crippen LogP contribution in [0.5, 0.6) is 0 Å². The second kappa shape index (κ2) is 4.78. The maximum atomic E-state index is 10.8. The maximum absolute atomic E-state index is 10.8. The van der Waals surface area contributed by atoms with E-state index in [9.17, 15) is 4.79 Å². The molecule has 2 rings (SSSR count). The van der Waals surface area contributed by atoms with E-state index >= 15 is 0 Å². The zero-order chi connectivity index (χ0) is 9.26. The third-order valence-corrected chi connectivity index (χ3v) is 2.02. The number of benzene rings is 2. The van der Waals surface area contributed by atoms with E-state index in [0.29, 0.717) is 5.56 Å². The molecule has 0 aromatic heterocycles. The van der Waals surface area contributed by atoms with E-state index in [2.05, 4.69) is 0 Å². The summed E-state index contributed by atoms with van der Waals surface area (Å²) in [6.07, 6.45) is 0. The molecule has 14 heavy (non-hydrogen) atoms. The minimum absolute atomic E-state index is 0. The third-order valence-electron chi connectivity index (χ3n) is 2.02. The largest absolute Gasteiger partial charge is 2.00 e. The van der Waals surface area contributed by atoms with Crippen LogP contribution in [0.15, 0.2) is 42.5 Å². The molecule has 0 unspecified atom stereocenters. The molecule has 0 spiro atoms. The molecule has 68 valence electrons. The molecule has 0 atom stereocenters. The van der Waals surface area contributed by atoms with Crippen molar-refractivity contribution < 1.29 is 12.8 Å². The van der Waals surface area contributed by atoms with E-state index in [1.807, 2.05) is 30.3 Å². The molecule has 3 heteroatoms. The van der Waals surface area contributed by atoms with Crippen LogP contribution in [0.2, 0.25) is 0 Å². The summed E-state index contributed by atoms with van der Waals surface area (Å²) in [7, 11) is 0. The van der Waals surface area contributed by atoms with Crippen LogP contribution in [-0.2, 0) is 0 Å². The summed E-state index contributed by atoms with van der Waals surface area (Å²) in [5.41, 5.74) is 0.359. The van der Waals surface area contributed by atoms with E-state index in [4.69, 9.17) is 5.11 Å². The number of carboxylic acids is 1. The Bertz CT molecular complexity index is 469. The van der Waals surface area contributed by atoms with Gasteiger partial charge in [0.15, 0.2) is 0 Å². The first-order valence-corrected chi connectivity index (χ1v) is 4.00. The molecule has 0 aliphatic heterocycles. The van der Waals surface area contributed by atoms with Crippen LogP contribution < -0.4 is 0 Å². The van der Waals surface area contributed by atoms with Crippen molar-refractivity contribution in [2.45, 2.75) is 0 Å². The van der Waals surface area contributed by atoms with Crippen molar-refractivity contribution in [1.29, 1.82) is 0 Å². The van der Waals surface area contributed by atoms with Gasteiger partial charge in [0, 0.05) is 0 Å². The predicted octanol–water partition coefficient (Wildman–Crippen LogP) is 2.38. The van der Waals surface area contributed by atoms with Gasteiger partial charge in [0.25, 0.3) is 0 Å². The van der Waals surface area contributed by atoms with Crippen molar-refractivity contribution in [3.05, 3.63) is 48.0 Å². The van der Waals surface area contributed by atoms with E-state index in [0.717, 1.165) is 10.8 Å². The van der Waals surface area contributed by atoms with Gasteiger partial charge in [-0.1, -0.05) is 36.4 Å². The fraction of sp³-hybridized carbons (Fsp3) is 0. The second-order valence-corrected chi connectivity index (χ2v) is 2.83. The molecular formula is C11H10CaO2. The topological polar surface area (TPSA) is 37.3 Å². The van der Waals surface area contributed by atoms with Gasteiger partial charge in [-0.2, -0.15) is 0 Å². The summed E-state index contributed by atoms with van der Waals surface area (Å²) < 4.78 is 0. The summed E-state index contributed by atoms with van der Waals surface area (Å²) in [4.78, 5) is 10.8. The summed E-state index contributed by atoms with van der Waals surface area (Å²) in [5, 5.41) is 10.6. The Morgan fingerprint density at radius 3 is 2.43 bits per heavy atom. The summed E-state index contributed by atoms with van der Waals surface area (Å²) in [6, 6.07) is 12.7. The molecule has 2 nitrogen and oxygen atoms in total. The molecule has 0 aliphatic rings. The van der Waals surface area contributed by atoms with Gasteiger partial charge in [-0.15, -0.1) is 0 Å². The number of carbonyl (C=O) groups is 1. The number of carboxylic acid groups (broad SMARTS) is 1. The standard InChI is InChI=1S/C11H8O2.Ca.2H/c12-11(13)10-7-3-5-8-4-1-2-6-9(8)10;;;/h1-7H,(H,12,13);;;/q;+2;2*-1. The molecule has 0 radical (unpaired) electrons. The zero-order valence-electron chi connectivity index (χ0n) is 9.60. The molecule has 0 saturated carbocycles. The third kappa shape index (κ3) is 2.08. The van der Waals surface area contributed by atoms with Crippen LogP contribution in [0.4, 0.5) is 0 Å². The molecule has 2 aromatic carbocycles. The molecule has 0 amide bonds. The smallest absolute Gasteiger partial charge is 1.00 e. The van der Waals surface area contributed by atoms with Crippen LogP contribution in [0.3, 0.4) is 0 Å². The molecule has 0 fully saturated rings. The molecule has 0 bridgehead atoms. The van der Waals surface area contributed by atoms with Gasteiger partial charge in [-0.05, 0) is 16.8 Å². The normalized spacial score (nSPS) is 9.43. The minimum Gasteiger partial charge on any atom is -1.00 e. The average Bonchev–Trinajstić information content (AvgIpc) is 2.17. The number of hydrogen-bond acceptors (Lipinski definition) is 1. The quantitative estimate of drug-likeness (QED) is 0.740. The van der Waals surface area contributed by atoms with Crippen molar-refractivity contribution in [1.82, 2.24) is 0 Å². The van der Waals surface area contributed by atoms with E-state index in [1.165, 1.54) is 0 Å². The Morgan fingerprint density at radius 1 is 1.07 bits per heavy atom. The van der Waals surface area contributed by atoms with Crippen molar-refractivity contribution in [3.63, 3.8) is 0 Å². The van der Waals surface area contributed by atoms with E-state index < -0.39 is 5.97 Å². The fourth-order valence-electron chi connectivity index (χ4n) is 1.41. The first-order chi connectivity index (χ1) is 6.29. The molecule has 0 heterocycles. The second-order valence-electron chi connectivity index (χ2n) is 2.83. The monoisotopic (exact) mass is 214 g/mol. The number of hydrogen-bond donors (Lipinski definition) is 1. The van der Waals surface area contributed by atoms with Crippen LogP contribution in [0, 0.1) is 0 Å². The predicted molar refractivity (Wildman–Crippen MR) is 58.9 cm³/mol. The molecule has 0 aliphatic carbocycles. The average molecular weight is 214 g/mol. The Morgan fingerprint density at radius 2 is 1.71 bits per heavy atom. The molecule has 0 saturated heterocycles. The SMILES string of the molecule is O=C(O)c1cccc2ccccc12.[Ca+2].[H-].[H-]. The maximum Gasteiger partial charge on any atom is 2.00 e. The Balaban J connectivity index is 0. The summed E-state index contributed by atoms with van der Waals surface area (Å²) in [5.74, 6) is -0.878. The molecular weight excluding hydrogens is 204 g/mol. The van der Waals surface area contributed by atoms with Crippen molar-refractivity contribution in [2.24, 2.45) is 0 Å². The van der Waals surface area contributed by atoms with Crippen molar-refractivity contribution >= 4 is 54.5 Å². The zero-order valence-corrected chi connectivity index (χ0v) is 9.81. The van der Waals surface area contributed by atoms with Gasteiger partial charge in [0.2, 0.25) is 0 Å². The summed E-state index contributed by atoms with van der Waals surface area (Å²) in [6.45, 7) is 0. The number of fused-ring (bicyclic) bond motifs is 1. The van der Waals surface area contributed by atoms with Gasteiger partial charge < -0.3 is 7.96 Å². The Kier molecular flexibility index (Phi) is 3.93. The van der Waals surface area contributed by atoms with Gasteiger partial charge in [0.1, 0.15) is 0 Å². The van der Waals surface area contributed by atoms with Crippen molar-refractivity contribution in [3.8, 4) is 0 Å². The first-order valence-electron chi connectivity index (χ1n) is 4.00. The van der Waals surface area contributed by atoms with Gasteiger partial charge in [0.05, 0.1) is 5.56 Å². The van der Waals surface area contributed by atoms with Crippen LogP contribution in [-0.4, -0.2) is 48.8 Å². The van der Waals surface area contributed by atoms with Crippen LogP contribution >= 0.6 is 0 Å². The minimum atomic E-state index is -0.878. The van der Waals surface area contributed by atoms with Gasteiger partial charge in [-0.3, -0.25) is 0 Å². The Labute approximate surface area is 115 Å². The van der Waals surface area contributed by atoms with Gasteiger partial charge in [-0.25, -0.2) is 4.79 Å². The van der Waals surface area contributed by atoms with Crippen LogP contribution in [0.1, 0.15) is 13.2 Å². The summed E-state index contributed by atoms with van der Waals surface area (Å²) >= 11 is 0. The first kappa shape index (κ1) is 11.5. The van der Waals surface area contributed by atoms with Gasteiger partial charge >= 0.3 is 43.7 Å². The Hall–Kier alpha value is -0.570. The van der Waals surface area contributed by atoms with E-state index in [1.54, 1.807) is 12.1 Å². The van der Waals surface area contributed by atoms with E-state index in [-0.39, 0.29) is 40.6 Å². The molecule has 2 aromatic rings.